The number of rotatable bonds is 3. The van der Waals surface area contributed by atoms with Crippen LogP contribution in [-0.2, 0) is 0 Å². The van der Waals surface area contributed by atoms with Crippen molar-refractivity contribution < 1.29 is 19.4 Å². The molecule has 2 aromatic carbocycles. The maximum Gasteiger partial charge on any atom is 0.335 e. The first-order valence-corrected chi connectivity index (χ1v) is 7.36. The summed E-state index contributed by atoms with van der Waals surface area (Å²) < 4.78 is 11.1. The minimum Gasteiger partial charge on any atom is -0.486 e. The summed E-state index contributed by atoms with van der Waals surface area (Å²) in [4.78, 5) is 13.0. The molecular formula is C16H14O4S. The van der Waals surface area contributed by atoms with Gasteiger partial charge in [0.05, 0.1) is 5.56 Å². The number of carbonyl (C=O) groups is 1. The highest BCUT2D eigenvalue weighted by Gasteiger charge is 2.13. The molecule has 1 aliphatic rings. The third-order valence-electron chi connectivity index (χ3n) is 3.16. The third-order valence-corrected chi connectivity index (χ3v) is 4.33. The van der Waals surface area contributed by atoms with Crippen molar-refractivity contribution in [1.82, 2.24) is 0 Å². The Morgan fingerprint density at radius 2 is 1.86 bits per heavy atom. The van der Waals surface area contributed by atoms with Gasteiger partial charge in [0.25, 0.3) is 0 Å². The Labute approximate surface area is 126 Å². The van der Waals surface area contributed by atoms with Crippen LogP contribution in [0, 0.1) is 6.92 Å². The van der Waals surface area contributed by atoms with Crippen molar-refractivity contribution >= 4 is 17.7 Å². The van der Waals surface area contributed by atoms with E-state index in [9.17, 15) is 4.79 Å². The first-order chi connectivity index (χ1) is 10.1. The second-order valence-electron chi connectivity index (χ2n) is 4.69. The van der Waals surface area contributed by atoms with Gasteiger partial charge in [-0.1, -0.05) is 11.8 Å². The molecule has 0 aliphatic carbocycles. The summed E-state index contributed by atoms with van der Waals surface area (Å²) in [5.74, 6) is 0.614. The van der Waals surface area contributed by atoms with Gasteiger partial charge in [-0.2, -0.15) is 0 Å². The number of fused-ring (bicyclic) bond motifs is 1. The Balaban J connectivity index is 1.85. The Hall–Kier alpha value is -2.14. The number of aromatic carboxylic acids is 1. The Morgan fingerprint density at radius 1 is 1.10 bits per heavy atom. The zero-order valence-corrected chi connectivity index (χ0v) is 12.3. The average molecular weight is 302 g/mol. The number of benzene rings is 2. The molecule has 4 nitrogen and oxygen atoms in total. The molecule has 0 atom stereocenters. The molecule has 108 valence electrons. The van der Waals surface area contributed by atoms with Gasteiger partial charge in [0.2, 0.25) is 0 Å². The minimum absolute atomic E-state index is 0.305. The summed E-state index contributed by atoms with van der Waals surface area (Å²) >= 11 is 1.58. The summed E-state index contributed by atoms with van der Waals surface area (Å²) in [7, 11) is 0. The smallest absolute Gasteiger partial charge is 0.335 e. The van der Waals surface area contributed by atoms with Crippen LogP contribution < -0.4 is 9.47 Å². The third kappa shape index (κ3) is 2.97. The van der Waals surface area contributed by atoms with E-state index in [0.717, 1.165) is 26.9 Å². The molecule has 0 amide bonds. The maximum atomic E-state index is 10.9. The van der Waals surface area contributed by atoms with Crippen LogP contribution in [0.3, 0.4) is 0 Å². The lowest BCUT2D eigenvalue weighted by molar-refractivity contribution is 0.0696. The van der Waals surface area contributed by atoms with Crippen molar-refractivity contribution in [3.63, 3.8) is 0 Å². The lowest BCUT2D eigenvalue weighted by Crippen LogP contribution is -2.15. The van der Waals surface area contributed by atoms with Crippen molar-refractivity contribution in [2.75, 3.05) is 13.2 Å². The molecule has 1 aliphatic heterocycles. The van der Waals surface area contributed by atoms with Crippen molar-refractivity contribution in [1.29, 1.82) is 0 Å². The van der Waals surface area contributed by atoms with Gasteiger partial charge in [0.15, 0.2) is 11.5 Å². The van der Waals surface area contributed by atoms with E-state index in [2.05, 4.69) is 0 Å². The lowest BCUT2D eigenvalue weighted by atomic mass is 10.1. The van der Waals surface area contributed by atoms with Gasteiger partial charge in [0.1, 0.15) is 13.2 Å². The molecule has 1 heterocycles. The fraction of sp³-hybridized carbons (Fsp3) is 0.188. The van der Waals surface area contributed by atoms with E-state index in [-0.39, 0.29) is 0 Å². The Morgan fingerprint density at radius 3 is 2.57 bits per heavy atom. The number of aryl methyl sites for hydroxylation is 1. The van der Waals surface area contributed by atoms with Crippen LogP contribution in [0.15, 0.2) is 46.2 Å². The monoisotopic (exact) mass is 302 g/mol. The van der Waals surface area contributed by atoms with Crippen LogP contribution in [0.1, 0.15) is 15.9 Å². The summed E-state index contributed by atoms with van der Waals surface area (Å²) in [6, 6.07) is 11.0. The molecule has 0 saturated carbocycles. The van der Waals surface area contributed by atoms with E-state index in [0.29, 0.717) is 18.8 Å². The highest BCUT2D eigenvalue weighted by atomic mass is 32.2. The molecule has 0 bridgehead atoms. The van der Waals surface area contributed by atoms with E-state index in [4.69, 9.17) is 14.6 Å². The molecule has 2 aromatic rings. The summed E-state index contributed by atoms with van der Waals surface area (Å²) in [5, 5.41) is 8.99. The van der Waals surface area contributed by atoms with Gasteiger partial charge < -0.3 is 14.6 Å². The summed E-state index contributed by atoms with van der Waals surface area (Å²) in [6.07, 6.45) is 0. The molecule has 3 rings (SSSR count). The van der Waals surface area contributed by atoms with Crippen LogP contribution >= 0.6 is 11.8 Å². The predicted molar refractivity (Wildman–Crippen MR) is 79.7 cm³/mol. The van der Waals surface area contributed by atoms with E-state index >= 15 is 0 Å². The normalized spacial score (nSPS) is 13.0. The first-order valence-electron chi connectivity index (χ1n) is 6.55. The van der Waals surface area contributed by atoms with Crippen molar-refractivity contribution in [3.05, 3.63) is 47.5 Å². The highest BCUT2D eigenvalue weighted by molar-refractivity contribution is 7.99. The second kappa shape index (κ2) is 5.69. The zero-order chi connectivity index (χ0) is 14.8. The Bertz CT molecular complexity index is 697. The van der Waals surface area contributed by atoms with Gasteiger partial charge in [-0.25, -0.2) is 4.79 Å². The molecule has 0 unspecified atom stereocenters. The molecule has 0 radical (unpaired) electrons. The number of hydrogen-bond donors (Lipinski definition) is 1. The van der Waals surface area contributed by atoms with E-state index in [1.54, 1.807) is 23.9 Å². The average Bonchev–Trinajstić information content (AvgIpc) is 2.49. The zero-order valence-electron chi connectivity index (χ0n) is 11.5. The predicted octanol–water partition coefficient (Wildman–Crippen LogP) is 3.62. The fourth-order valence-electron chi connectivity index (χ4n) is 2.11. The molecule has 0 spiro atoms. The van der Waals surface area contributed by atoms with Crippen molar-refractivity contribution in [2.24, 2.45) is 0 Å². The molecule has 0 aromatic heterocycles. The topological polar surface area (TPSA) is 55.8 Å². The molecule has 21 heavy (non-hydrogen) atoms. The van der Waals surface area contributed by atoms with Crippen molar-refractivity contribution in [3.8, 4) is 11.5 Å². The first kappa shape index (κ1) is 13.8. The van der Waals surface area contributed by atoms with Gasteiger partial charge in [-0.3, -0.25) is 0 Å². The SMILES string of the molecule is Cc1cc(C(=O)O)ccc1Sc1ccc2c(c1)OCCO2. The van der Waals surface area contributed by atoms with E-state index in [1.165, 1.54) is 0 Å². The Kier molecular flexibility index (Phi) is 3.75. The largest absolute Gasteiger partial charge is 0.486 e. The van der Waals surface area contributed by atoms with Crippen LogP contribution in [-0.4, -0.2) is 24.3 Å². The fourth-order valence-corrected chi connectivity index (χ4v) is 3.02. The number of ether oxygens (including phenoxy) is 2. The minimum atomic E-state index is -0.908. The van der Waals surface area contributed by atoms with Crippen LogP contribution in [0.2, 0.25) is 0 Å². The number of hydrogen-bond acceptors (Lipinski definition) is 4. The molecule has 0 fully saturated rings. The quantitative estimate of drug-likeness (QED) is 0.938. The molecule has 0 saturated heterocycles. The lowest BCUT2D eigenvalue weighted by Gasteiger charge is -2.18. The van der Waals surface area contributed by atoms with Crippen LogP contribution in [0.5, 0.6) is 11.5 Å². The highest BCUT2D eigenvalue weighted by Crippen LogP contribution is 2.37. The summed E-state index contributed by atoms with van der Waals surface area (Å²) in [5.41, 5.74) is 1.24. The number of carboxylic acids is 1. The van der Waals surface area contributed by atoms with Gasteiger partial charge in [0, 0.05) is 9.79 Å². The molecule has 1 N–H and O–H groups in total. The van der Waals surface area contributed by atoms with Crippen LogP contribution in [0.25, 0.3) is 0 Å². The van der Waals surface area contributed by atoms with Crippen molar-refractivity contribution in [2.45, 2.75) is 16.7 Å². The van der Waals surface area contributed by atoms with Gasteiger partial charge in [-0.15, -0.1) is 0 Å². The standard InChI is InChI=1S/C16H14O4S/c1-10-8-11(16(17)18)2-5-15(10)21-12-3-4-13-14(9-12)20-7-6-19-13/h2-5,8-9H,6-7H2,1H3,(H,17,18). The van der Waals surface area contributed by atoms with Gasteiger partial charge in [-0.05, 0) is 48.9 Å². The maximum absolute atomic E-state index is 10.9. The molecule has 5 heteroatoms. The van der Waals surface area contributed by atoms with Crippen LogP contribution in [0.4, 0.5) is 0 Å². The molecular weight excluding hydrogens is 288 g/mol. The second-order valence-corrected chi connectivity index (χ2v) is 5.81. The van der Waals surface area contributed by atoms with Gasteiger partial charge >= 0.3 is 5.97 Å². The summed E-state index contributed by atoms with van der Waals surface area (Å²) in [6.45, 7) is 3.05. The number of carboxylic acid groups (broad SMARTS) is 1. The van der Waals surface area contributed by atoms with E-state index < -0.39 is 5.97 Å². The van der Waals surface area contributed by atoms with E-state index in [1.807, 2.05) is 31.2 Å².